The minimum Gasteiger partial charge on any atom is -0.481 e. The summed E-state index contributed by atoms with van der Waals surface area (Å²) >= 11 is 0. The van der Waals surface area contributed by atoms with Crippen LogP contribution in [0.4, 0.5) is 5.82 Å². The third-order valence-corrected chi connectivity index (χ3v) is 4.66. The number of ether oxygens (including phenoxy) is 1. The Labute approximate surface area is 140 Å². The average Bonchev–Trinajstić information content (AvgIpc) is 3.02. The maximum atomic E-state index is 12.4. The van der Waals surface area contributed by atoms with Gasteiger partial charge in [-0.15, -0.1) is 0 Å². The molecule has 0 bridgehead atoms. The summed E-state index contributed by atoms with van der Waals surface area (Å²) in [5.74, 6) is 1.54. The Kier molecular flexibility index (Phi) is 3.79. The Balaban J connectivity index is 1.57. The summed E-state index contributed by atoms with van der Waals surface area (Å²) in [4.78, 5) is 24.9. The SMILES string of the molecule is COc1cc(N2Cc3ccnn3[C@@H](CC(=O)N3CCC3)C2)ncn1. The molecule has 4 heterocycles. The van der Waals surface area contributed by atoms with Gasteiger partial charge in [0, 0.05) is 31.9 Å². The van der Waals surface area contributed by atoms with Gasteiger partial charge in [-0.25, -0.2) is 9.97 Å². The first-order valence-corrected chi connectivity index (χ1v) is 8.16. The van der Waals surface area contributed by atoms with E-state index in [1.54, 1.807) is 13.3 Å². The van der Waals surface area contributed by atoms with Crippen LogP contribution in [0.3, 0.4) is 0 Å². The third kappa shape index (κ3) is 2.68. The summed E-state index contributed by atoms with van der Waals surface area (Å²) < 4.78 is 7.17. The molecule has 0 saturated carbocycles. The van der Waals surface area contributed by atoms with Gasteiger partial charge in [0.15, 0.2) is 0 Å². The Morgan fingerprint density at radius 3 is 3.00 bits per heavy atom. The number of amides is 1. The minimum atomic E-state index is 0.0119. The van der Waals surface area contributed by atoms with Crippen LogP contribution in [-0.4, -0.2) is 57.3 Å². The molecule has 0 aliphatic carbocycles. The summed E-state index contributed by atoms with van der Waals surface area (Å²) in [6.45, 7) is 3.15. The van der Waals surface area contributed by atoms with Gasteiger partial charge in [-0.05, 0) is 12.5 Å². The lowest BCUT2D eigenvalue weighted by Gasteiger charge is -2.37. The lowest BCUT2D eigenvalue weighted by molar-refractivity contribution is -0.135. The van der Waals surface area contributed by atoms with Gasteiger partial charge >= 0.3 is 0 Å². The molecule has 126 valence electrons. The van der Waals surface area contributed by atoms with E-state index in [2.05, 4.69) is 20.0 Å². The van der Waals surface area contributed by atoms with E-state index < -0.39 is 0 Å². The van der Waals surface area contributed by atoms with Gasteiger partial charge in [-0.3, -0.25) is 9.48 Å². The van der Waals surface area contributed by atoms with Gasteiger partial charge in [-0.1, -0.05) is 0 Å². The number of carbonyl (C=O) groups is 1. The Morgan fingerprint density at radius 2 is 2.25 bits per heavy atom. The Morgan fingerprint density at radius 1 is 1.38 bits per heavy atom. The molecular formula is C16H20N6O2. The number of hydrogen-bond acceptors (Lipinski definition) is 6. The second-order valence-electron chi connectivity index (χ2n) is 6.16. The molecule has 4 rings (SSSR count). The van der Waals surface area contributed by atoms with E-state index in [0.717, 1.165) is 31.0 Å². The second kappa shape index (κ2) is 6.10. The molecule has 1 atom stereocenters. The van der Waals surface area contributed by atoms with Crippen molar-refractivity contribution in [3.63, 3.8) is 0 Å². The molecule has 1 amide bonds. The molecule has 8 nitrogen and oxygen atoms in total. The number of anilines is 1. The number of aromatic nitrogens is 4. The zero-order valence-corrected chi connectivity index (χ0v) is 13.6. The van der Waals surface area contributed by atoms with Crippen LogP contribution in [0.5, 0.6) is 5.88 Å². The maximum absolute atomic E-state index is 12.4. The quantitative estimate of drug-likeness (QED) is 0.829. The molecule has 8 heteroatoms. The molecule has 2 aromatic rings. The third-order valence-electron chi connectivity index (χ3n) is 4.66. The molecule has 2 aliphatic rings. The van der Waals surface area contributed by atoms with Gasteiger partial charge in [-0.2, -0.15) is 5.10 Å². The molecule has 2 aromatic heterocycles. The fourth-order valence-electron chi connectivity index (χ4n) is 3.22. The second-order valence-corrected chi connectivity index (χ2v) is 6.16. The van der Waals surface area contributed by atoms with Gasteiger partial charge in [0.05, 0.1) is 31.8 Å². The number of likely N-dealkylation sites (tertiary alicyclic amines) is 1. The standard InChI is InChI=1S/C16H20N6O2/c1-24-15-8-14(17-11-18-15)21-9-12-3-4-19-22(12)13(10-21)7-16(23)20-5-2-6-20/h3-4,8,11,13H,2,5-7,9-10H2,1H3/t13-/m0/s1. The minimum absolute atomic E-state index is 0.0119. The molecule has 0 radical (unpaired) electrons. The molecule has 0 aromatic carbocycles. The van der Waals surface area contributed by atoms with E-state index in [4.69, 9.17) is 4.74 Å². The largest absolute Gasteiger partial charge is 0.481 e. The normalized spacial score (nSPS) is 19.6. The van der Waals surface area contributed by atoms with Crippen LogP contribution in [0.15, 0.2) is 24.7 Å². The van der Waals surface area contributed by atoms with Crippen molar-refractivity contribution in [2.75, 3.05) is 31.6 Å². The first kappa shape index (κ1) is 14.9. The summed E-state index contributed by atoms with van der Waals surface area (Å²) in [7, 11) is 1.59. The van der Waals surface area contributed by atoms with Crippen LogP contribution >= 0.6 is 0 Å². The molecule has 24 heavy (non-hydrogen) atoms. The van der Waals surface area contributed by atoms with Crippen molar-refractivity contribution in [2.24, 2.45) is 0 Å². The zero-order valence-electron chi connectivity index (χ0n) is 13.6. The van der Waals surface area contributed by atoms with Gasteiger partial charge in [0.1, 0.15) is 12.1 Å². The van der Waals surface area contributed by atoms with E-state index in [1.807, 2.05) is 21.7 Å². The van der Waals surface area contributed by atoms with E-state index in [9.17, 15) is 4.79 Å². The van der Waals surface area contributed by atoms with E-state index in [0.29, 0.717) is 25.4 Å². The lowest BCUT2D eigenvalue weighted by atomic mass is 10.1. The Hall–Kier alpha value is -2.64. The average molecular weight is 328 g/mol. The van der Waals surface area contributed by atoms with Crippen LogP contribution in [0, 0.1) is 0 Å². The van der Waals surface area contributed by atoms with Crippen molar-refractivity contribution < 1.29 is 9.53 Å². The van der Waals surface area contributed by atoms with E-state index in [1.165, 1.54) is 6.33 Å². The summed E-state index contributed by atoms with van der Waals surface area (Å²) in [6, 6.07) is 3.82. The zero-order chi connectivity index (χ0) is 16.5. The number of nitrogens with zero attached hydrogens (tertiary/aromatic N) is 6. The predicted molar refractivity (Wildman–Crippen MR) is 86.7 cm³/mol. The highest BCUT2D eigenvalue weighted by Crippen LogP contribution is 2.28. The summed E-state index contributed by atoms with van der Waals surface area (Å²) in [5.41, 5.74) is 1.08. The number of rotatable bonds is 4. The highest BCUT2D eigenvalue weighted by molar-refractivity contribution is 5.77. The predicted octanol–water partition coefficient (Wildman–Crippen LogP) is 0.865. The number of hydrogen-bond donors (Lipinski definition) is 0. The van der Waals surface area contributed by atoms with Crippen LogP contribution in [-0.2, 0) is 11.3 Å². The first-order chi connectivity index (χ1) is 11.7. The molecule has 2 aliphatic heterocycles. The summed E-state index contributed by atoms with van der Waals surface area (Å²) in [5, 5.41) is 4.42. The van der Waals surface area contributed by atoms with Crippen molar-refractivity contribution in [2.45, 2.75) is 25.4 Å². The van der Waals surface area contributed by atoms with Crippen LogP contribution in [0.2, 0.25) is 0 Å². The fourth-order valence-corrected chi connectivity index (χ4v) is 3.22. The maximum Gasteiger partial charge on any atom is 0.224 e. The molecule has 0 unspecified atom stereocenters. The monoisotopic (exact) mass is 328 g/mol. The number of methoxy groups -OCH3 is 1. The topological polar surface area (TPSA) is 76.4 Å². The molecular weight excluding hydrogens is 308 g/mol. The smallest absolute Gasteiger partial charge is 0.224 e. The Bertz CT molecular complexity index is 742. The lowest BCUT2D eigenvalue weighted by Crippen LogP contribution is -2.45. The highest BCUT2D eigenvalue weighted by Gasteiger charge is 2.31. The number of carbonyl (C=O) groups excluding carboxylic acids is 1. The van der Waals surface area contributed by atoms with Crippen LogP contribution in [0.25, 0.3) is 0 Å². The van der Waals surface area contributed by atoms with Crippen molar-refractivity contribution in [3.8, 4) is 5.88 Å². The van der Waals surface area contributed by atoms with Crippen molar-refractivity contribution in [1.82, 2.24) is 24.6 Å². The highest BCUT2D eigenvalue weighted by atomic mass is 16.5. The fraction of sp³-hybridized carbons (Fsp3) is 0.500. The van der Waals surface area contributed by atoms with Crippen LogP contribution < -0.4 is 9.64 Å². The summed E-state index contributed by atoms with van der Waals surface area (Å²) in [6.07, 6.45) is 4.87. The first-order valence-electron chi connectivity index (χ1n) is 8.16. The van der Waals surface area contributed by atoms with E-state index in [-0.39, 0.29) is 11.9 Å². The molecule has 0 spiro atoms. The molecule has 1 saturated heterocycles. The number of fused-ring (bicyclic) bond motifs is 1. The van der Waals surface area contributed by atoms with Gasteiger partial charge in [0.2, 0.25) is 11.8 Å². The van der Waals surface area contributed by atoms with E-state index >= 15 is 0 Å². The van der Waals surface area contributed by atoms with Gasteiger partial charge < -0.3 is 14.5 Å². The molecule has 0 N–H and O–H groups in total. The van der Waals surface area contributed by atoms with Crippen molar-refractivity contribution >= 4 is 11.7 Å². The van der Waals surface area contributed by atoms with Crippen molar-refractivity contribution in [3.05, 3.63) is 30.4 Å². The van der Waals surface area contributed by atoms with Gasteiger partial charge in [0.25, 0.3) is 0 Å². The molecule has 1 fully saturated rings. The van der Waals surface area contributed by atoms with Crippen molar-refractivity contribution in [1.29, 1.82) is 0 Å². The van der Waals surface area contributed by atoms with Crippen LogP contribution in [0.1, 0.15) is 24.6 Å².